The number of rotatable bonds is 12. The topological polar surface area (TPSA) is 89.6 Å². The lowest BCUT2D eigenvalue weighted by Gasteiger charge is -2.34. The number of ether oxygens (including phenoxy) is 1. The highest BCUT2D eigenvalue weighted by Gasteiger charge is 2.29. The zero-order chi connectivity index (χ0) is 28.6. The van der Waals surface area contributed by atoms with Gasteiger partial charge in [-0.05, 0) is 67.9 Å². The van der Waals surface area contributed by atoms with Gasteiger partial charge in [-0.3, -0.25) is 9.59 Å². The van der Waals surface area contributed by atoms with Gasteiger partial charge in [0, 0.05) is 80.4 Å². The third kappa shape index (κ3) is 7.52. The molecular formula is C33H46N4O3. The molecule has 7 nitrogen and oxygen atoms in total. The van der Waals surface area contributed by atoms with Gasteiger partial charge in [0.25, 0.3) is 0 Å². The minimum atomic E-state index is -0.253. The summed E-state index contributed by atoms with van der Waals surface area (Å²) in [5.41, 5.74) is 12.3. The lowest BCUT2D eigenvalue weighted by atomic mass is 9.91. The number of carbonyl (C=O) groups excluding carboxylic acids is 2. The fraction of sp³-hybridized carbons (Fsp3) is 0.515. The highest BCUT2D eigenvalue weighted by atomic mass is 16.5. The summed E-state index contributed by atoms with van der Waals surface area (Å²) in [6.45, 7) is 9.44. The highest BCUT2D eigenvalue weighted by Crippen LogP contribution is 2.36. The Bertz CT molecular complexity index is 1280. The molecule has 2 atom stereocenters. The average molecular weight is 547 g/mol. The van der Waals surface area contributed by atoms with E-state index in [1.54, 1.807) is 7.11 Å². The Balaban J connectivity index is 1.38. The number of nitrogens with zero attached hydrogens (tertiary/aromatic N) is 2. The van der Waals surface area contributed by atoms with E-state index in [2.05, 4.69) is 41.1 Å². The van der Waals surface area contributed by atoms with Crippen LogP contribution in [0.1, 0.15) is 68.7 Å². The third-order valence-corrected chi connectivity index (χ3v) is 7.93. The molecule has 216 valence electrons. The van der Waals surface area contributed by atoms with Gasteiger partial charge in [0.2, 0.25) is 11.8 Å². The van der Waals surface area contributed by atoms with Crippen LogP contribution >= 0.6 is 0 Å². The molecule has 40 heavy (non-hydrogen) atoms. The Labute approximate surface area is 239 Å². The van der Waals surface area contributed by atoms with Crippen molar-refractivity contribution in [3.05, 3.63) is 65.4 Å². The standard InChI is InChI=1S/C33H46N4O3/c1-23(2)19-31(38)35-28-14-12-25(13-15-28)20-27(34)21-32(39)36-16-7-9-26(22-36)33-24(3)29-10-5-6-11-30(29)37(33)17-8-18-40-4/h5-6,10-15,23,26-27H,7-9,16-22,34H2,1-4H3,(H,35,38). The van der Waals surface area contributed by atoms with Gasteiger partial charge >= 0.3 is 0 Å². The maximum Gasteiger partial charge on any atom is 0.224 e. The summed E-state index contributed by atoms with van der Waals surface area (Å²) in [6, 6.07) is 16.1. The first kappa shape index (κ1) is 29.8. The Morgan fingerprint density at radius 1 is 1.10 bits per heavy atom. The number of carbonyl (C=O) groups is 2. The molecular weight excluding hydrogens is 500 g/mol. The van der Waals surface area contributed by atoms with Crippen LogP contribution in [-0.4, -0.2) is 54.1 Å². The van der Waals surface area contributed by atoms with E-state index in [0.29, 0.717) is 31.1 Å². The van der Waals surface area contributed by atoms with Crippen LogP contribution in [0.5, 0.6) is 0 Å². The van der Waals surface area contributed by atoms with Crippen LogP contribution in [0, 0.1) is 12.8 Å². The second kappa shape index (κ2) is 14.0. The summed E-state index contributed by atoms with van der Waals surface area (Å²) < 4.78 is 7.80. The molecule has 0 bridgehead atoms. The summed E-state index contributed by atoms with van der Waals surface area (Å²) in [6.07, 6.45) is 4.48. The number of hydrogen-bond donors (Lipinski definition) is 2. The van der Waals surface area contributed by atoms with E-state index in [-0.39, 0.29) is 17.9 Å². The molecule has 2 heterocycles. The number of fused-ring (bicyclic) bond motifs is 1. The molecule has 0 radical (unpaired) electrons. The molecule has 7 heteroatoms. The summed E-state index contributed by atoms with van der Waals surface area (Å²) in [5.74, 6) is 0.784. The van der Waals surface area contributed by atoms with E-state index in [9.17, 15) is 9.59 Å². The SMILES string of the molecule is COCCCn1c(C2CCCN(C(=O)CC(N)Cc3ccc(NC(=O)CC(C)C)cc3)C2)c(C)c2ccccc21. The molecule has 0 saturated carbocycles. The number of nitrogens with one attached hydrogen (secondary N) is 1. The minimum Gasteiger partial charge on any atom is -0.385 e. The molecule has 1 saturated heterocycles. The molecule has 0 aliphatic carbocycles. The molecule has 4 rings (SSSR count). The maximum absolute atomic E-state index is 13.4. The highest BCUT2D eigenvalue weighted by molar-refractivity contribution is 5.90. The molecule has 1 aliphatic rings. The molecule has 2 aromatic carbocycles. The van der Waals surface area contributed by atoms with Gasteiger partial charge in [-0.1, -0.05) is 44.2 Å². The van der Waals surface area contributed by atoms with Crippen molar-refractivity contribution >= 4 is 28.4 Å². The van der Waals surface area contributed by atoms with Crippen molar-refractivity contribution < 1.29 is 14.3 Å². The van der Waals surface area contributed by atoms with Gasteiger partial charge in [-0.2, -0.15) is 0 Å². The van der Waals surface area contributed by atoms with Crippen molar-refractivity contribution in [3.8, 4) is 0 Å². The van der Waals surface area contributed by atoms with E-state index in [0.717, 1.165) is 56.8 Å². The number of amides is 2. The number of nitrogens with two attached hydrogens (primary N) is 1. The van der Waals surface area contributed by atoms with E-state index < -0.39 is 0 Å². The van der Waals surface area contributed by atoms with Crippen LogP contribution in [0.15, 0.2) is 48.5 Å². The van der Waals surface area contributed by atoms with Crippen LogP contribution in [0.2, 0.25) is 0 Å². The molecule has 1 aromatic heterocycles. The number of anilines is 1. The van der Waals surface area contributed by atoms with Crippen molar-refractivity contribution in [1.29, 1.82) is 0 Å². The monoisotopic (exact) mass is 546 g/mol. The van der Waals surface area contributed by atoms with Crippen molar-refractivity contribution in [2.45, 2.75) is 77.8 Å². The predicted molar refractivity (Wildman–Crippen MR) is 163 cm³/mol. The number of likely N-dealkylation sites (tertiary alicyclic amines) is 1. The molecule has 2 amide bonds. The van der Waals surface area contributed by atoms with Gasteiger partial charge < -0.3 is 25.3 Å². The maximum atomic E-state index is 13.4. The van der Waals surface area contributed by atoms with E-state index in [1.807, 2.05) is 43.0 Å². The summed E-state index contributed by atoms with van der Waals surface area (Å²) in [7, 11) is 1.75. The number of aromatic nitrogens is 1. The molecule has 3 N–H and O–H groups in total. The van der Waals surface area contributed by atoms with Crippen molar-refractivity contribution in [2.24, 2.45) is 11.7 Å². The van der Waals surface area contributed by atoms with Gasteiger partial charge in [0.15, 0.2) is 0 Å². The van der Waals surface area contributed by atoms with Crippen LogP contribution in [-0.2, 0) is 27.3 Å². The lowest BCUT2D eigenvalue weighted by molar-refractivity contribution is -0.132. The zero-order valence-electron chi connectivity index (χ0n) is 24.6. The fourth-order valence-corrected chi connectivity index (χ4v) is 6.09. The fourth-order valence-electron chi connectivity index (χ4n) is 6.09. The second-order valence-corrected chi connectivity index (χ2v) is 11.7. The van der Waals surface area contributed by atoms with Crippen LogP contribution in [0.25, 0.3) is 10.9 Å². The molecule has 0 spiro atoms. The number of methoxy groups -OCH3 is 1. The number of aryl methyl sites for hydroxylation is 2. The molecule has 1 aliphatic heterocycles. The molecule has 1 fully saturated rings. The Hall–Kier alpha value is -3.16. The van der Waals surface area contributed by atoms with Crippen molar-refractivity contribution in [3.63, 3.8) is 0 Å². The third-order valence-electron chi connectivity index (χ3n) is 7.93. The van der Waals surface area contributed by atoms with Crippen LogP contribution in [0.4, 0.5) is 5.69 Å². The van der Waals surface area contributed by atoms with E-state index in [1.165, 1.54) is 22.2 Å². The predicted octanol–water partition coefficient (Wildman–Crippen LogP) is 5.64. The summed E-state index contributed by atoms with van der Waals surface area (Å²) >= 11 is 0. The van der Waals surface area contributed by atoms with E-state index >= 15 is 0 Å². The lowest BCUT2D eigenvalue weighted by Crippen LogP contribution is -2.42. The quantitative estimate of drug-likeness (QED) is 0.288. The summed E-state index contributed by atoms with van der Waals surface area (Å²) in [4.78, 5) is 27.4. The Morgan fingerprint density at radius 2 is 1.85 bits per heavy atom. The molecule has 2 unspecified atom stereocenters. The first-order chi connectivity index (χ1) is 19.3. The average Bonchev–Trinajstić information content (AvgIpc) is 3.21. The minimum absolute atomic E-state index is 0.0235. The van der Waals surface area contributed by atoms with Crippen LogP contribution in [0.3, 0.4) is 0 Å². The molecule has 3 aromatic rings. The largest absolute Gasteiger partial charge is 0.385 e. The van der Waals surface area contributed by atoms with Crippen LogP contribution < -0.4 is 11.1 Å². The van der Waals surface area contributed by atoms with Crippen molar-refractivity contribution in [1.82, 2.24) is 9.47 Å². The van der Waals surface area contributed by atoms with Gasteiger partial charge in [-0.25, -0.2) is 0 Å². The van der Waals surface area contributed by atoms with Gasteiger partial charge in [0.1, 0.15) is 0 Å². The number of hydrogen-bond acceptors (Lipinski definition) is 4. The first-order valence-electron chi connectivity index (χ1n) is 14.8. The second-order valence-electron chi connectivity index (χ2n) is 11.7. The zero-order valence-corrected chi connectivity index (χ0v) is 24.6. The normalized spacial score (nSPS) is 16.4. The van der Waals surface area contributed by atoms with E-state index in [4.69, 9.17) is 10.5 Å². The summed E-state index contributed by atoms with van der Waals surface area (Å²) in [5, 5.41) is 4.24. The van der Waals surface area contributed by atoms with Crippen molar-refractivity contribution in [2.75, 3.05) is 32.1 Å². The number of benzene rings is 2. The van der Waals surface area contributed by atoms with Gasteiger partial charge in [0.05, 0.1) is 0 Å². The smallest absolute Gasteiger partial charge is 0.224 e. The number of piperidine rings is 1. The Kier molecular flexibility index (Phi) is 10.4. The number of para-hydroxylation sites is 1. The first-order valence-corrected chi connectivity index (χ1v) is 14.8. The Morgan fingerprint density at radius 3 is 2.58 bits per heavy atom. The van der Waals surface area contributed by atoms with Gasteiger partial charge in [-0.15, -0.1) is 0 Å².